The summed E-state index contributed by atoms with van der Waals surface area (Å²) >= 11 is 0. The van der Waals surface area contributed by atoms with Crippen LogP contribution in [0.15, 0.2) is 0 Å². The average Bonchev–Trinajstić information content (AvgIpc) is 2.51. The molecule has 2 N–H and O–H groups in total. The second-order valence-electron chi connectivity index (χ2n) is 3.80. The van der Waals surface area contributed by atoms with E-state index < -0.39 is 5.79 Å². The van der Waals surface area contributed by atoms with Crippen molar-refractivity contribution in [3.8, 4) is 0 Å². The molecule has 1 unspecified atom stereocenters. The van der Waals surface area contributed by atoms with Crippen LogP contribution in [0.3, 0.4) is 0 Å². The normalized spacial score (nSPS) is 21.3. The van der Waals surface area contributed by atoms with Crippen LogP contribution < -0.4 is 5.73 Å². The minimum absolute atomic E-state index is 0.205. The predicted octanol–water partition coefficient (Wildman–Crippen LogP) is 0.420. The second-order valence-corrected chi connectivity index (χ2v) is 3.80. The molecule has 0 aromatic heterocycles. The number of hydrogen-bond acceptors (Lipinski definition) is 5. The Morgan fingerprint density at radius 2 is 2.13 bits per heavy atom. The van der Waals surface area contributed by atoms with Gasteiger partial charge < -0.3 is 19.9 Å². The summed E-state index contributed by atoms with van der Waals surface area (Å²) in [5.41, 5.74) is 5.81. The van der Waals surface area contributed by atoms with Crippen LogP contribution in [0.1, 0.15) is 26.7 Å². The highest BCUT2D eigenvalue weighted by atomic mass is 16.7. The molecule has 1 aliphatic rings. The quantitative estimate of drug-likeness (QED) is 0.676. The van der Waals surface area contributed by atoms with Gasteiger partial charge in [-0.15, -0.1) is 0 Å². The van der Waals surface area contributed by atoms with E-state index in [0.29, 0.717) is 26.2 Å². The first-order valence-corrected chi connectivity index (χ1v) is 5.25. The summed E-state index contributed by atoms with van der Waals surface area (Å²) in [7, 11) is 0. The second kappa shape index (κ2) is 5.44. The molecule has 1 atom stereocenters. The number of carbonyl (C=O) groups excluding carboxylic acids is 1. The van der Waals surface area contributed by atoms with Crippen molar-refractivity contribution in [3.05, 3.63) is 0 Å². The van der Waals surface area contributed by atoms with E-state index in [1.54, 1.807) is 6.92 Å². The fourth-order valence-corrected chi connectivity index (χ4v) is 1.66. The van der Waals surface area contributed by atoms with Crippen LogP contribution in [-0.2, 0) is 19.0 Å². The lowest BCUT2D eigenvalue weighted by atomic mass is 10.1. The van der Waals surface area contributed by atoms with Crippen LogP contribution >= 0.6 is 0 Å². The molecule has 0 aliphatic carbocycles. The number of carbonyl (C=O) groups is 1. The molecule has 0 aromatic carbocycles. The van der Waals surface area contributed by atoms with Gasteiger partial charge in [-0.25, -0.2) is 0 Å². The first kappa shape index (κ1) is 12.4. The first-order valence-electron chi connectivity index (χ1n) is 5.25. The van der Waals surface area contributed by atoms with Crippen molar-refractivity contribution in [2.45, 2.75) is 38.5 Å². The highest BCUT2D eigenvalue weighted by molar-refractivity contribution is 5.70. The Morgan fingerprint density at radius 3 is 2.67 bits per heavy atom. The third kappa shape index (κ3) is 4.15. The van der Waals surface area contributed by atoms with E-state index in [0.717, 1.165) is 0 Å². The molecule has 1 fully saturated rings. The van der Waals surface area contributed by atoms with Crippen molar-refractivity contribution in [3.63, 3.8) is 0 Å². The molecular weight excluding hydrogens is 198 g/mol. The summed E-state index contributed by atoms with van der Waals surface area (Å²) in [4.78, 5) is 11.1. The highest BCUT2D eigenvalue weighted by Crippen LogP contribution is 2.24. The number of nitrogens with two attached hydrogens (primary N) is 1. The molecular formula is C10H19NO4. The number of ether oxygens (including phenoxy) is 3. The Labute approximate surface area is 89.9 Å². The van der Waals surface area contributed by atoms with Gasteiger partial charge in [0.05, 0.1) is 26.2 Å². The fourth-order valence-electron chi connectivity index (χ4n) is 1.66. The van der Waals surface area contributed by atoms with E-state index in [1.807, 2.05) is 6.92 Å². The molecule has 1 heterocycles. The maximum atomic E-state index is 11.1. The molecule has 1 aliphatic heterocycles. The van der Waals surface area contributed by atoms with Crippen LogP contribution in [0.2, 0.25) is 0 Å². The molecule has 0 aromatic rings. The third-order valence-electron chi connectivity index (χ3n) is 2.27. The lowest BCUT2D eigenvalue weighted by molar-refractivity contribution is -0.154. The van der Waals surface area contributed by atoms with Crippen molar-refractivity contribution in [2.75, 3.05) is 19.8 Å². The fraction of sp³-hybridized carbons (Fsp3) is 0.900. The molecule has 5 heteroatoms. The molecule has 0 amide bonds. The molecule has 1 rings (SSSR count). The topological polar surface area (TPSA) is 70.8 Å². The standard InChI is InChI=1S/C10H19NO4/c1-3-13-9(12)6-8(11)7-10(2)14-4-5-15-10/h8H,3-7,11H2,1-2H3. The first-order chi connectivity index (χ1) is 7.06. The summed E-state index contributed by atoms with van der Waals surface area (Å²) < 4.78 is 15.6. The van der Waals surface area contributed by atoms with Gasteiger partial charge in [0.2, 0.25) is 0 Å². The monoisotopic (exact) mass is 217 g/mol. The summed E-state index contributed by atoms with van der Waals surface area (Å²) in [5, 5.41) is 0. The summed E-state index contributed by atoms with van der Waals surface area (Å²) in [6.45, 7) is 5.17. The maximum Gasteiger partial charge on any atom is 0.307 e. The zero-order chi connectivity index (χ0) is 11.3. The molecule has 0 bridgehead atoms. The van der Waals surface area contributed by atoms with Gasteiger partial charge >= 0.3 is 5.97 Å². The van der Waals surface area contributed by atoms with E-state index in [9.17, 15) is 4.79 Å². The SMILES string of the molecule is CCOC(=O)CC(N)CC1(C)OCCO1. The zero-order valence-corrected chi connectivity index (χ0v) is 9.32. The Balaban J connectivity index is 2.28. The Bertz CT molecular complexity index is 213. The van der Waals surface area contributed by atoms with Gasteiger partial charge in [0.1, 0.15) is 0 Å². The van der Waals surface area contributed by atoms with Crippen LogP contribution in [0.4, 0.5) is 0 Å². The maximum absolute atomic E-state index is 11.1. The van der Waals surface area contributed by atoms with Crippen LogP contribution in [0, 0.1) is 0 Å². The van der Waals surface area contributed by atoms with Crippen LogP contribution in [-0.4, -0.2) is 37.6 Å². The summed E-state index contributed by atoms with van der Waals surface area (Å²) in [6, 6.07) is -0.285. The Hall–Kier alpha value is -0.650. The van der Waals surface area contributed by atoms with Crippen molar-refractivity contribution in [1.29, 1.82) is 0 Å². The van der Waals surface area contributed by atoms with Crippen molar-refractivity contribution >= 4 is 5.97 Å². The predicted molar refractivity (Wildman–Crippen MR) is 54.2 cm³/mol. The van der Waals surface area contributed by atoms with E-state index in [4.69, 9.17) is 19.9 Å². The number of esters is 1. The molecule has 0 radical (unpaired) electrons. The van der Waals surface area contributed by atoms with Gasteiger partial charge in [-0.05, 0) is 13.8 Å². The molecule has 0 spiro atoms. The largest absolute Gasteiger partial charge is 0.466 e. The molecule has 5 nitrogen and oxygen atoms in total. The smallest absolute Gasteiger partial charge is 0.307 e. The lowest BCUT2D eigenvalue weighted by Crippen LogP contribution is -2.37. The molecule has 0 saturated carbocycles. The van der Waals surface area contributed by atoms with Crippen molar-refractivity contribution < 1.29 is 19.0 Å². The van der Waals surface area contributed by atoms with Gasteiger partial charge in [0.25, 0.3) is 0 Å². The van der Waals surface area contributed by atoms with Crippen LogP contribution in [0.5, 0.6) is 0 Å². The van der Waals surface area contributed by atoms with Crippen LogP contribution in [0.25, 0.3) is 0 Å². The molecule has 88 valence electrons. The minimum Gasteiger partial charge on any atom is -0.466 e. The van der Waals surface area contributed by atoms with Gasteiger partial charge in [0.15, 0.2) is 5.79 Å². The summed E-state index contributed by atoms with van der Waals surface area (Å²) in [5.74, 6) is -0.905. The van der Waals surface area contributed by atoms with Gasteiger partial charge in [-0.3, -0.25) is 4.79 Å². The lowest BCUT2D eigenvalue weighted by Gasteiger charge is -2.25. The van der Waals surface area contributed by atoms with Crippen molar-refractivity contribution in [2.24, 2.45) is 5.73 Å². The average molecular weight is 217 g/mol. The van der Waals surface area contributed by atoms with Crippen molar-refractivity contribution in [1.82, 2.24) is 0 Å². The van der Waals surface area contributed by atoms with Gasteiger partial charge in [-0.2, -0.15) is 0 Å². The Morgan fingerprint density at radius 1 is 1.53 bits per heavy atom. The van der Waals surface area contributed by atoms with E-state index in [2.05, 4.69) is 0 Å². The molecule has 1 saturated heterocycles. The highest BCUT2D eigenvalue weighted by Gasteiger charge is 2.33. The molecule has 15 heavy (non-hydrogen) atoms. The number of rotatable bonds is 5. The Kier molecular flexibility index (Phi) is 4.50. The van der Waals surface area contributed by atoms with E-state index in [-0.39, 0.29) is 18.4 Å². The van der Waals surface area contributed by atoms with E-state index >= 15 is 0 Å². The van der Waals surface area contributed by atoms with Gasteiger partial charge in [-0.1, -0.05) is 0 Å². The minimum atomic E-state index is -0.633. The zero-order valence-electron chi connectivity index (χ0n) is 9.32. The number of hydrogen-bond donors (Lipinski definition) is 1. The van der Waals surface area contributed by atoms with Gasteiger partial charge in [0, 0.05) is 12.5 Å². The van der Waals surface area contributed by atoms with E-state index in [1.165, 1.54) is 0 Å². The summed E-state index contributed by atoms with van der Waals surface area (Å²) in [6.07, 6.45) is 0.710. The third-order valence-corrected chi connectivity index (χ3v) is 2.27.